The van der Waals surface area contributed by atoms with Gasteiger partial charge < -0.3 is 0 Å². The van der Waals surface area contributed by atoms with Gasteiger partial charge in [-0.25, -0.2) is 0 Å². The molecule has 0 fully saturated rings. The molecule has 0 aliphatic carbocycles. The maximum Gasteiger partial charge on any atom is 0.0362 e. The van der Waals surface area contributed by atoms with Gasteiger partial charge in [0, 0.05) is 70.7 Å². The van der Waals surface area contributed by atoms with Crippen molar-refractivity contribution in [1.29, 1.82) is 0 Å². The summed E-state index contributed by atoms with van der Waals surface area (Å²) < 4.78 is 5.15. The maximum atomic E-state index is 4.49. The minimum absolute atomic E-state index is 1.13. The zero-order chi connectivity index (χ0) is 44.5. The molecule has 11 aromatic carbocycles. The number of rotatable bonds is 4. The predicted molar refractivity (Wildman–Crippen MR) is 295 cm³/mol. The highest BCUT2D eigenvalue weighted by molar-refractivity contribution is 7.26. The summed E-state index contributed by atoms with van der Waals surface area (Å²) in [7, 11) is 0. The third-order valence-electron chi connectivity index (χ3n) is 14.4. The van der Waals surface area contributed by atoms with Gasteiger partial charge in [0.05, 0.1) is 0 Å². The summed E-state index contributed by atoms with van der Waals surface area (Å²) in [4.78, 5) is 8.94. The molecule has 0 radical (unpaired) electrons. The number of aromatic nitrogens is 2. The van der Waals surface area contributed by atoms with E-state index in [-0.39, 0.29) is 0 Å². The Hall–Kier alpha value is -8.28. The Morgan fingerprint density at radius 2 is 0.706 bits per heavy atom. The Balaban J connectivity index is 0.968. The van der Waals surface area contributed by atoms with Crippen molar-refractivity contribution in [3.63, 3.8) is 0 Å². The van der Waals surface area contributed by atoms with Crippen LogP contribution in [-0.2, 0) is 0 Å². The van der Waals surface area contributed by atoms with Gasteiger partial charge in [0.15, 0.2) is 0 Å². The molecule has 15 aromatic rings. The van der Waals surface area contributed by atoms with Crippen LogP contribution in [0.4, 0.5) is 0 Å². The van der Waals surface area contributed by atoms with Crippen LogP contribution >= 0.6 is 22.7 Å². The topological polar surface area (TPSA) is 25.8 Å². The zero-order valence-corrected chi connectivity index (χ0v) is 38.1. The van der Waals surface area contributed by atoms with Crippen LogP contribution in [-0.4, -0.2) is 9.97 Å². The van der Waals surface area contributed by atoms with Crippen LogP contribution < -0.4 is 0 Å². The van der Waals surface area contributed by atoms with E-state index in [0.717, 1.165) is 11.1 Å². The van der Waals surface area contributed by atoms with Crippen LogP contribution in [0, 0.1) is 0 Å². The Kier molecular flexibility index (Phi) is 8.14. The Morgan fingerprint density at radius 1 is 0.250 bits per heavy atom. The molecule has 2 nitrogen and oxygen atoms in total. The monoisotopic (exact) mass is 896 g/mol. The van der Waals surface area contributed by atoms with Crippen molar-refractivity contribution in [2.45, 2.75) is 0 Å². The summed E-state index contributed by atoms with van der Waals surface area (Å²) >= 11 is 3.75. The minimum atomic E-state index is 1.13. The molecule has 15 rings (SSSR count). The molecule has 4 aromatic heterocycles. The predicted octanol–water partition coefficient (Wildman–Crippen LogP) is 18.8. The number of hydrogen-bond donors (Lipinski definition) is 0. The molecule has 0 aliphatic rings. The minimum Gasteiger partial charge on any atom is -0.265 e. The SMILES string of the molecule is c1cncc(-c2ccc3sc4ccc5c6ccccc6c6cc(-c7ccc8sc9ccc(-c%10ccc%11c%12ccccc%12c%12ccccc%12c%11c%10)cc9c8c7-c7ccncc7)ccc6c5c4c3c2)c1. The Bertz CT molecular complexity index is 4570. The van der Waals surface area contributed by atoms with Crippen LogP contribution in [0.25, 0.3) is 149 Å². The molecule has 0 bridgehead atoms. The summed E-state index contributed by atoms with van der Waals surface area (Å²) in [6.07, 6.45) is 7.66. The zero-order valence-electron chi connectivity index (χ0n) is 36.5. The van der Waals surface area contributed by atoms with E-state index < -0.39 is 0 Å². The van der Waals surface area contributed by atoms with Crippen molar-refractivity contribution in [3.8, 4) is 44.5 Å². The number of hydrogen-bond acceptors (Lipinski definition) is 4. The van der Waals surface area contributed by atoms with Crippen LogP contribution in [0.15, 0.2) is 219 Å². The Morgan fingerprint density at radius 3 is 1.37 bits per heavy atom. The fourth-order valence-corrected chi connectivity index (χ4v) is 13.6. The van der Waals surface area contributed by atoms with Gasteiger partial charge in [-0.05, 0) is 170 Å². The number of nitrogens with zero attached hydrogens (tertiary/aromatic N) is 2. The molecule has 0 aliphatic heterocycles. The highest BCUT2D eigenvalue weighted by Crippen LogP contribution is 2.49. The maximum absolute atomic E-state index is 4.49. The van der Waals surface area contributed by atoms with E-state index >= 15 is 0 Å². The van der Waals surface area contributed by atoms with Crippen molar-refractivity contribution < 1.29 is 0 Å². The van der Waals surface area contributed by atoms with E-state index in [1.807, 2.05) is 53.5 Å². The lowest BCUT2D eigenvalue weighted by atomic mass is 9.87. The molecule has 0 amide bonds. The first-order valence-electron chi connectivity index (χ1n) is 23.1. The van der Waals surface area contributed by atoms with E-state index in [0.29, 0.717) is 0 Å². The van der Waals surface area contributed by atoms with Crippen LogP contribution in [0.3, 0.4) is 0 Å². The summed E-state index contributed by atoms with van der Waals surface area (Å²) in [6, 6.07) is 72.7. The number of fused-ring (bicyclic) bond motifs is 19. The molecule has 0 unspecified atom stereocenters. The smallest absolute Gasteiger partial charge is 0.0362 e. The molecular weight excluding hydrogens is 861 g/mol. The van der Waals surface area contributed by atoms with Gasteiger partial charge in [0.1, 0.15) is 0 Å². The molecular formula is C64H36N2S2. The van der Waals surface area contributed by atoms with Crippen LogP contribution in [0.2, 0.25) is 0 Å². The van der Waals surface area contributed by atoms with E-state index in [2.05, 4.69) is 198 Å². The number of benzene rings is 11. The summed E-state index contributed by atoms with van der Waals surface area (Å²) in [5.74, 6) is 0. The highest BCUT2D eigenvalue weighted by Gasteiger charge is 2.21. The van der Waals surface area contributed by atoms with E-state index in [1.165, 1.54) is 138 Å². The van der Waals surface area contributed by atoms with Crippen LogP contribution in [0.1, 0.15) is 0 Å². The van der Waals surface area contributed by atoms with Gasteiger partial charge in [-0.2, -0.15) is 0 Å². The van der Waals surface area contributed by atoms with Crippen molar-refractivity contribution in [1.82, 2.24) is 9.97 Å². The molecule has 0 atom stereocenters. The fraction of sp³-hybridized carbons (Fsp3) is 0. The largest absolute Gasteiger partial charge is 0.265 e. The van der Waals surface area contributed by atoms with Crippen LogP contribution in [0.5, 0.6) is 0 Å². The standard InChI is InChI=1S/C64H36N2S2/c1-2-11-46-44(9-1)45-10-3-5-13-48(45)53-32-38(15-19-50(46)53)39-17-23-57-55(33-39)63-59(67-57)25-21-43(61(63)37-27-30-65-31-28-37)41-16-20-52-54(35-41)49-14-6-4-12-47(49)51-22-26-60-64(62(51)52)56-34-40(18-24-58(56)68-60)42-8-7-29-66-36-42/h1-36H. The lowest BCUT2D eigenvalue weighted by Gasteiger charge is -2.16. The van der Waals surface area contributed by atoms with Gasteiger partial charge in [-0.1, -0.05) is 127 Å². The molecule has 68 heavy (non-hydrogen) atoms. The van der Waals surface area contributed by atoms with E-state index in [4.69, 9.17) is 0 Å². The molecule has 4 heteroatoms. The lowest BCUT2D eigenvalue weighted by Crippen LogP contribution is -1.89. The van der Waals surface area contributed by atoms with Crippen molar-refractivity contribution in [2.75, 3.05) is 0 Å². The van der Waals surface area contributed by atoms with Crippen molar-refractivity contribution in [2.24, 2.45) is 0 Å². The summed E-state index contributed by atoms with van der Waals surface area (Å²) in [5.41, 5.74) is 9.55. The third-order valence-corrected chi connectivity index (χ3v) is 16.7. The third kappa shape index (κ3) is 5.56. The average molecular weight is 897 g/mol. The normalized spacial score (nSPS) is 12.1. The van der Waals surface area contributed by atoms with Gasteiger partial charge in [0.25, 0.3) is 0 Å². The molecule has 0 saturated heterocycles. The highest BCUT2D eigenvalue weighted by atomic mass is 32.1. The lowest BCUT2D eigenvalue weighted by molar-refractivity contribution is 1.33. The molecule has 0 spiro atoms. The Labute approximate surface area is 398 Å². The number of thiophene rings is 2. The van der Waals surface area contributed by atoms with Gasteiger partial charge in [-0.15, -0.1) is 22.7 Å². The second-order valence-corrected chi connectivity index (χ2v) is 20.2. The molecule has 0 N–H and O–H groups in total. The average Bonchev–Trinajstić information content (AvgIpc) is 3.99. The summed E-state index contributed by atoms with van der Waals surface area (Å²) in [5, 5.41) is 20.6. The van der Waals surface area contributed by atoms with Gasteiger partial charge >= 0.3 is 0 Å². The second-order valence-electron chi connectivity index (χ2n) is 18.0. The van der Waals surface area contributed by atoms with E-state index in [9.17, 15) is 0 Å². The first-order valence-corrected chi connectivity index (χ1v) is 24.7. The quantitative estimate of drug-likeness (QED) is 0.165. The molecule has 4 heterocycles. The first-order chi connectivity index (χ1) is 33.7. The van der Waals surface area contributed by atoms with Crippen molar-refractivity contribution >= 4 is 128 Å². The van der Waals surface area contributed by atoms with Crippen molar-refractivity contribution in [3.05, 3.63) is 219 Å². The molecule has 314 valence electrons. The fourth-order valence-electron chi connectivity index (χ4n) is 11.4. The van der Waals surface area contributed by atoms with Gasteiger partial charge in [-0.3, -0.25) is 9.97 Å². The number of pyridine rings is 2. The van der Waals surface area contributed by atoms with Gasteiger partial charge in [0.2, 0.25) is 0 Å². The molecule has 0 saturated carbocycles. The second kappa shape index (κ2) is 14.6. The van der Waals surface area contributed by atoms with E-state index in [1.54, 1.807) is 0 Å². The first kappa shape index (κ1) is 37.9. The summed E-state index contributed by atoms with van der Waals surface area (Å²) in [6.45, 7) is 0.